The van der Waals surface area contributed by atoms with E-state index in [4.69, 9.17) is 11.6 Å². The lowest BCUT2D eigenvalue weighted by molar-refractivity contribution is 0.270. The Bertz CT molecular complexity index is 544. The summed E-state index contributed by atoms with van der Waals surface area (Å²) in [5, 5.41) is 1.82. The molecular weight excluding hydrogens is 316 g/mol. The Morgan fingerprint density at radius 3 is 2.80 bits per heavy atom. The van der Waals surface area contributed by atoms with Gasteiger partial charge in [-0.1, -0.05) is 6.92 Å². The molecule has 1 aliphatic heterocycles. The summed E-state index contributed by atoms with van der Waals surface area (Å²) in [7, 11) is -1.34. The number of thiophene rings is 1. The fraction of sp³-hybridized carbons (Fsp3) is 0.692. The molecule has 4 nitrogen and oxygen atoms in total. The molecule has 0 bridgehead atoms. The Hall–Kier alpha value is -0.140. The molecule has 0 aliphatic carbocycles. The molecule has 0 aromatic carbocycles. The van der Waals surface area contributed by atoms with Gasteiger partial charge < -0.3 is 4.90 Å². The van der Waals surface area contributed by atoms with Crippen molar-refractivity contribution in [3.05, 3.63) is 17.0 Å². The lowest BCUT2D eigenvalue weighted by atomic mass is 10.2. The predicted octanol–water partition coefficient (Wildman–Crippen LogP) is 2.59. The molecule has 114 valence electrons. The highest BCUT2D eigenvalue weighted by Gasteiger charge is 2.33. The van der Waals surface area contributed by atoms with Gasteiger partial charge in [-0.05, 0) is 43.4 Å². The molecule has 1 atom stereocenters. The van der Waals surface area contributed by atoms with Gasteiger partial charge in [-0.15, -0.1) is 22.9 Å². The number of halogens is 1. The van der Waals surface area contributed by atoms with Crippen molar-refractivity contribution in [1.82, 2.24) is 9.21 Å². The van der Waals surface area contributed by atoms with Crippen LogP contribution in [0, 0.1) is 0 Å². The summed E-state index contributed by atoms with van der Waals surface area (Å²) >= 11 is 7.04. The Morgan fingerprint density at radius 2 is 2.20 bits per heavy atom. The van der Waals surface area contributed by atoms with Crippen molar-refractivity contribution in [2.45, 2.75) is 35.9 Å². The van der Waals surface area contributed by atoms with Crippen molar-refractivity contribution in [1.29, 1.82) is 0 Å². The summed E-state index contributed by atoms with van der Waals surface area (Å²) in [6.45, 7) is 4.38. The zero-order chi connectivity index (χ0) is 14.8. The highest BCUT2D eigenvalue weighted by molar-refractivity contribution is 7.91. The first kappa shape index (κ1) is 16.2. The number of hydrogen-bond donors (Lipinski definition) is 0. The second-order valence-corrected chi connectivity index (χ2v) is 8.50. The van der Waals surface area contributed by atoms with Gasteiger partial charge in [-0.25, -0.2) is 8.42 Å². The molecular formula is C13H21ClN2O2S2. The van der Waals surface area contributed by atoms with E-state index in [9.17, 15) is 8.42 Å². The normalized spacial score (nSPS) is 22.9. The van der Waals surface area contributed by atoms with Gasteiger partial charge in [0.25, 0.3) is 10.0 Å². The fourth-order valence-electron chi connectivity index (χ4n) is 2.54. The van der Waals surface area contributed by atoms with Crippen molar-refractivity contribution >= 4 is 33.0 Å². The minimum Gasteiger partial charge on any atom is -0.305 e. The van der Waals surface area contributed by atoms with Gasteiger partial charge in [0.15, 0.2) is 0 Å². The number of alkyl halides is 1. The molecule has 0 radical (unpaired) electrons. The van der Waals surface area contributed by atoms with E-state index in [0.717, 1.165) is 31.5 Å². The lowest BCUT2D eigenvalue weighted by Gasteiger charge is -2.28. The van der Waals surface area contributed by atoms with Gasteiger partial charge in [-0.3, -0.25) is 0 Å². The molecule has 1 fully saturated rings. The van der Waals surface area contributed by atoms with E-state index in [-0.39, 0.29) is 6.04 Å². The second kappa shape index (κ2) is 6.75. The van der Waals surface area contributed by atoms with Crippen LogP contribution in [-0.2, 0) is 15.9 Å². The van der Waals surface area contributed by atoms with Gasteiger partial charge in [0.05, 0.1) is 0 Å². The SMILES string of the molecule is CCC1CN(C)CCCN1S(=O)(=O)c1cc(CCl)cs1. The molecule has 2 heterocycles. The van der Waals surface area contributed by atoms with Crippen LogP contribution in [0.1, 0.15) is 25.3 Å². The van der Waals surface area contributed by atoms with Gasteiger partial charge in [0, 0.05) is 25.0 Å². The van der Waals surface area contributed by atoms with Crippen LogP contribution in [-0.4, -0.2) is 50.3 Å². The lowest BCUT2D eigenvalue weighted by Crippen LogP contribution is -2.43. The quantitative estimate of drug-likeness (QED) is 0.793. The van der Waals surface area contributed by atoms with Gasteiger partial charge in [0.2, 0.25) is 0 Å². The number of rotatable bonds is 4. The van der Waals surface area contributed by atoms with E-state index in [1.165, 1.54) is 11.3 Å². The number of nitrogens with zero attached hydrogens (tertiary/aromatic N) is 2. The molecule has 1 aromatic heterocycles. The zero-order valence-corrected chi connectivity index (χ0v) is 14.3. The van der Waals surface area contributed by atoms with Crippen LogP contribution in [0.15, 0.2) is 15.7 Å². The van der Waals surface area contributed by atoms with Crippen LogP contribution in [0.25, 0.3) is 0 Å². The maximum Gasteiger partial charge on any atom is 0.252 e. The second-order valence-electron chi connectivity index (χ2n) is 5.20. The summed E-state index contributed by atoms with van der Waals surface area (Å²) in [4.78, 5) is 2.21. The first-order valence-corrected chi connectivity index (χ1v) is 9.68. The third kappa shape index (κ3) is 3.36. The van der Waals surface area contributed by atoms with E-state index in [2.05, 4.69) is 11.9 Å². The first-order valence-electron chi connectivity index (χ1n) is 6.82. The molecule has 7 heteroatoms. The average Bonchev–Trinajstić information content (AvgIpc) is 2.83. The van der Waals surface area contributed by atoms with E-state index in [1.807, 2.05) is 12.3 Å². The predicted molar refractivity (Wildman–Crippen MR) is 84.0 cm³/mol. The summed E-state index contributed by atoms with van der Waals surface area (Å²) in [6.07, 6.45) is 1.71. The van der Waals surface area contributed by atoms with E-state index in [1.54, 1.807) is 10.4 Å². The van der Waals surface area contributed by atoms with Crippen molar-refractivity contribution in [2.75, 3.05) is 26.7 Å². The maximum atomic E-state index is 12.8. The Morgan fingerprint density at radius 1 is 1.45 bits per heavy atom. The van der Waals surface area contributed by atoms with Crippen LogP contribution in [0.4, 0.5) is 0 Å². The van der Waals surface area contributed by atoms with E-state index in [0.29, 0.717) is 16.6 Å². The van der Waals surface area contributed by atoms with Gasteiger partial charge in [-0.2, -0.15) is 4.31 Å². The summed E-state index contributed by atoms with van der Waals surface area (Å²) in [5.74, 6) is 0.353. The number of sulfonamides is 1. The van der Waals surface area contributed by atoms with Crippen molar-refractivity contribution in [3.8, 4) is 0 Å². The van der Waals surface area contributed by atoms with Crippen LogP contribution in [0.3, 0.4) is 0 Å². The van der Waals surface area contributed by atoms with Crippen molar-refractivity contribution in [3.63, 3.8) is 0 Å². The summed E-state index contributed by atoms with van der Waals surface area (Å²) in [6, 6.07) is 1.75. The Balaban J connectivity index is 2.30. The van der Waals surface area contributed by atoms with Gasteiger partial charge >= 0.3 is 0 Å². The third-order valence-electron chi connectivity index (χ3n) is 3.67. The van der Waals surface area contributed by atoms with E-state index < -0.39 is 10.0 Å². The summed E-state index contributed by atoms with van der Waals surface area (Å²) < 4.78 is 27.7. The van der Waals surface area contributed by atoms with Crippen LogP contribution in [0.2, 0.25) is 0 Å². The highest BCUT2D eigenvalue weighted by atomic mass is 35.5. The van der Waals surface area contributed by atoms with Crippen LogP contribution >= 0.6 is 22.9 Å². The molecule has 1 unspecified atom stereocenters. The molecule has 1 aliphatic rings. The maximum absolute atomic E-state index is 12.8. The third-order valence-corrected chi connectivity index (χ3v) is 7.39. The topological polar surface area (TPSA) is 40.6 Å². The molecule has 0 saturated carbocycles. The number of hydrogen-bond acceptors (Lipinski definition) is 4. The largest absolute Gasteiger partial charge is 0.305 e. The molecule has 1 saturated heterocycles. The highest BCUT2D eigenvalue weighted by Crippen LogP contribution is 2.28. The molecule has 2 rings (SSSR count). The number of likely N-dealkylation sites (N-methyl/N-ethyl adjacent to an activating group) is 1. The van der Waals surface area contributed by atoms with Crippen molar-refractivity contribution < 1.29 is 8.42 Å². The molecule has 0 N–H and O–H groups in total. The Kier molecular flexibility index (Phi) is 5.48. The smallest absolute Gasteiger partial charge is 0.252 e. The molecule has 20 heavy (non-hydrogen) atoms. The first-order chi connectivity index (χ1) is 9.48. The standard InChI is InChI=1S/C13H21ClN2O2S2/c1-3-12-9-15(2)5-4-6-16(12)20(17,18)13-7-11(8-14)10-19-13/h7,10,12H,3-6,8-9H2,1-2H3. The Labute approximate surface area is 130 Å². The minimum atomic E-state index is -3.39. The molecule has 0 spiro atoms. The van der Waals surface area contributed by atoms with E-state index >= 15 is 0 Å². The van der Waals surface area contributed by atoms with Crippen LogP contribution < -0.4 is 0 Å². The van der Waals surface area contributed by atoms with Crippen LogP contribution in [0.5, 0.6) is 0 Å². The minimum absolute atomic E-state index is 0.0500. The average molecular weight is 337 g/mol. The molecule has 1 aromatic rings. The monoisotopic (exact) mass is 336 g/mol. The molecule has 0 amide bonds. The summed E-state index contributed by atoms with van der Waals surface area (Å²) in [5.41, 5.74) is 0.871. The van der Waals surface area contributed by atoms with Crippen molar-refractivity contribution in [2.24, 2.45) is 0 Å². The van der Waals surface area contributed by atoms with Gasteiger partial charge in [0.1, 0.15) is 4.21 Å². The zero-order valence-electron chi connectivity index (χ0n) is 11.9. The fourth-order valence-corrected chi connectivity index (χ4v) is 5.86.